The summed E-state index contributed by atoms with van der Waals surface area (Å²) in [6, 6.07) is 2.36. The van der Waals surface area contributed by atoms with Gasteiger partial charge in [0.15, 0.2) is 0 Å². The van der Waals surface area contributed by atoms with Crippen molar-refractivity contribution < 1.29 is 13.9 Å². The van der Waals surface area contributed by atoms with E-state index in [-0.39, 0.29) is 17.9 Å². The first-order valence-electron chi connectivity index (χ1n) is 5.27. The maximum Gasteiger partial charge on any atom is 0.149 e. The fourth-order valence-corrected chi connectivity index (χ4v) is 1.90. The number of nitrogens with zero attached hydrogens (tertiary/aromatic N) is 1. The van der Waals surface area contributed by atoms with E-state index in [1.807, 2.05) is 0 Å². The normalized spacial score (nSPS) is 16.6. The summed E-state index contributed by atoms with van der Waals surface area (Å²) in [5, 5.41) is 12.0. The van der Waals surface area contributed by atoms with Gasteiger partial charge in [-0.1, -0.05) is 0 Å². The molecule has 1 heterocycles. The van der Waals surface area contributed by atoms with Crippen LogP contribution in [-0.2, 0) is 6.61 Å². The van der Waals surface area contributed by atoms with E-state index in [1.54, 1.807) is 4.90 Å². The van der Waals surface area contributed by atoms with Crippen molar-refractivity contribution >= 4 is 5.69 Å². The zero-order chi connectivity index (χ0) is 11.5. The lowest BCUT2D eigenvalue weighted by Crippen LogP contribution is -2.44. The topological polar surface area (TPSA) is 35.5 Å². The van der Waals surface area contributed by atoms with Gasteiger partial charge in [-0.05, 0) is 17.7 Å². The lowest BCUT2D eigenvalue weighted by Gasteiger charge is -2.30. The lowest BCUT2D eigenvalue weighted by atomic mass is 10.1. The fourth-order valence-electron chi connectivity index (χ4n) is 1.90. The van der Waals surface area contributed by atoms with Gasteiger partial charge in [-0.3, -0.25) is 0 Å². The molecule has 0 unspecified atom stereocenters. The summed E-state index contributed by atoms with van der Waals surface area (Å²) < 4.78 is 27.3. The summed E-state index contributed by atoms with van der Waals surface area (Å²) >= 11 is 0. The second-order valence-electron chi connectivity index (χ2n) is 3.80. The monoisotopic (exact) mass is 228 g/mol. The number of halogens is 2. The number of rotatable bonds is 2. The second-order valence-corrected chi connectivity index (χ2v) is 3.80. The molecule has 0 atom stereocenters. The molecule has 5 heteroatoms. The predicted molar refractivity (Wildman–Crippen MR) is 57.4 cm³/mol. The van der Waals surface area contributed by atoms with Gasteiger partial charge in [0.1, 0.15) is 17.3 Å². The number of benzene rings is 1. The van der Waals surface area contributed by atoms with Crippen molar-refractivity contribution in [2.45, 2.75) is 6.61 Å². The second kappa shape index (κ2) is 4.76. The Labute approximate surface area is 92.7 Å². The highest BCUT2D eigenvalue weighted by Gasteiger charge is 2.19. The summed E-state index contributed by atoms with van der Waals surface area (Å²) in [5.41, 5.74) is 0.271. The number of piperazine rings is 1. The molecule has 16 heavy (non-hydrogen) atoms. The minimum absolute atomic E-state index is 0.0127. The van der Waals surface area contributed by atoms with Crippen LogP contribution >= 0.6 is 0 Å². The van der Waals surface area contributed by atoms with Gasteiger partial charge in [-0.25, -0.2) is 8.78 Å². The third-order valence-corrected chi connectivity index (χ3v) is 2.69. The van der Waals surface area contributed by atoms with Crippen LogP contribution in [0.4, 0.5) is 14.5 Å². The molecular formula is C11H14F2N2O. The van der Waals surface area contributed by atoms with Crippen LogP contribution in [0.5, 0.6) is 0 Å². The van der Waals surface area contributed by atoms with Crippen molar-refractivity contribution in [1.29, 1.82) is 0 Å². The molecule has 1 aliphatic rings. The Balaban J connectivity index is 2.32. The summed E-state index contributed by atoms with van der Waals surface area (Å²) in [7, 11) is 0. The minimum Gasteiger partial charge on any atom is -0.392 e. The maximum atomic E-state index is 13.7. The fraction of sp³-hybridized carbons (Fsp3) is 0.455. The number of aliphatic hydroxyl groups excluding tert-OH is 1. The van der Waals surface area contributed by atoms with E-state index in [0.717, 1.165) is 13.1 Å². The molecule has 0 bridgehead atoms. The molecule has 1 aliphatic heterocycles. The van der Waals surface area contributed by atoms with Crippen LogP contribution in [0.15, 0.2) is 12.1 Å². The smallest absolute Gasteiger partial charge is 0.149 e. The molecule has 0 radical (unpaired) electrons. The van der Waals surface area contributed by atoms with E-state index in [4.69, 9.17) is 5.11 Å². The highest BCUT2D eigenvalue weighted by atomic mass is 19.1. The maximum absolute atomic E-state index is 13.7. The van der Waals surface area contributed by atoms with Crippen LogP contribution in [0.25, 0.3) is 0 Å². The molecule has 2 rings (SSSR count). The average Bonchev–Trinajstić information content (AvgIpc) is 2.29. The lowest BCUT2D eigenvalue weighted by molar-refractivity contribution is 0.280. The number of aliphatic hydroxyl groups is 1. The molecule has 3 nitrogen and oxygen atoms in total. The third kappa shape index (κ3) is 2.15. The Morgan fingerprint density at radius 3 is 2.25 bits per heavy atom. The zero-order valence-electron chi connectivity index (χ0n) is 8.84. The number of hydrogen-bond donors (Lipinski definition) is 2. The molecule has 88 valence electrons. The molecule has 0 amide bonds. The summed E-state index contributed by atoms with van der Waals surface area (Å²) in [4.78, 5) is 1.68. The van der Waals surface area contributed by atoms with Crippen LogP contribution in [0.1, 0.15) is 5.56 Å². The predicted octanol–water partition coefficient (Wildman–Crippen LogP) is 0.867. The average molecular weight is 228 g/mol. The molecule has 1 aromatic rings. The van der Waals surface area contributed by atoms with Crippen molar-refractivity contribution in [2.75, 3.05) is 31.1 Å². The summed E-state index contributed by atoms with van der Waals surface area (Å²) in [6.45, 7) is 2.27. The Hall–Kier alpha value is -1.20. The van der Waals surface area contributed by atoms with E-state index in [1.165, 1.54) is 12.1 Å². The number of anilines is 1. The molecular weight excluding hydrogens is 214 g/mol. The highest BCUT2D eigenvalue weighted by Crippen LogP contribution is 2.25. The standard InChI is InChI=1S/C11H14F2N2O/c12-9-5-8(7-16)6-10(13)11(9)15-3-1-14-2-4-15/h5-6,14,16H,1-4,7H2. The molecule has 0 aliphatic carbocycles. The summed E-state index contributed by atoms with van der Waals surface area (Å²) in [6.07, 6.45) is 0. The first kappa shape index (κ1) is 11.3. The van der Waals surface area contributed by atoms with Crippen molar-refractivity contribution in [3.05, 3.63) is 29.3 Å². The van der Waals surface area contributed by atoms with Crippen LogP contribution in [0.3, 0.4) is 0 Å². The molecule has 0 aromatic heterocycles. The molecule has 0 spiro atoms. The Bertz CT molecular complexity index is 355. The van der Waals surface area contributed by atoms with Gasteiger partial charge in [0.25, 0.3) is 0 Å². The Morgan fingerprint density at radius 2 is 1.75 bits per heavy atom. The van der Waals surface area contributed by atoms with Crippen LogP contribution < -0.4 is 10.2 Å². The van der Waals surface area contributed by atoms with E-state index in [2.05, 4.69) is 5.32 Å². The first-order chi connectivity index (χ1) is 7.72. The third-order valence-electron chi connectivity index (χ3n) is 2.69. The van der Waals surface area contributed by atoms with E-state index in [0.29, 0.717) is 13.1 Å². The van der Waals surface area contributed by atoms with Crippen molar-refractivity contribution in [1.82, 2.24) is 5.32 Å². The van der Waals surface area contributed by atoms with Gasteiger partial charge in [-0.2, -0.15) is 0 Å². The molecule has 2 N–H and O–H groups in total. The largest absolute Gasteiger partial charge is 0.392 e. The van der Waals surface area contributed by atoms with Crippen molar-refractivity contribution in [2.24, 2.45) is 0 Å². The SMILES string of the molecule is OCc1cc(F)c(N2CCNCC2)c(F)c1. The van der Waals surface area contributed by atoms with E-state index < -0.39 is 11.6 Å². The van der Waals surface area contributed by atoms with Gasteiger partial charge < -0.3 is 15.3 Å². The van der Waals surface area contributed by atoms with E-state index >= 15 is 0 Å². The molecule has 1 aromatic carbocycles. The van der Waals surface area contributed by atoms with Crippen molar-refractivity contribution in [3.63, 3.8) is 0 Å². The zero-order valence-corrected chi connectivity index (χ0v) is 8.84. The molecule has 1 fully saturated rings. The van der Waals surface area contributed by atoms with Crippen LogP contribution in [-0.4, -0.2) is 31.3 Å². The minimum atomic E-state index is -0.606. The van der Waals surface area contributed by atoms with E-state index in [9.17, 15) is 8.78 Å². The number of hydrogen-bond acceptors (Lipinski definition) is 3. The summed E-state index contributed by atoms with van der Waals surface area (Å²) in [5.74, 6) is -1.21. The van der Waals surface area contributed by atoms with Crippen LogP contribution in [0, 0.1) is 11.6 Å². The molecule has 1 saturated heterocycles. The van der Waals surface area contributed by atoms with Gasteiger partial charge in [0.2, 0.25) is 0 Å². The quantitative estimate of drug-likeness (QED) is 0.788. The van der Waals surface area contributed by atoms with Gasteiger partial charge >= 0.3 is 0 Å². The Morgan fingerprint density at radius 1 is 1.19 bits per heavy atom. The van der Waals surface area contributed by atoms with Crippen molar-refractivity contribution in [3.8, 4) is 0 Å². The van der Waals surface area contributed by atoms with Gasteiger partial charge in [0.05, 0.1) is 6.61 Å². The number of nitrogens with one attached hydrogen (secondary N) is 1. The Kier molecular flexibility index (Phi) is 3.36. The van der Waals surface area contributed by atoms with Gasteiger partial charge in [0, 0.05) is 26.2 Å². The highest BCUT2D eigenvalue weighted by molar-refractivity contribution is 5.51. The van der Waals surface area contributed by atoms with Gasteiger partial charge in [-0.15, -0.1) is 0 Å². The molecule has 0 saturated carbocycles. The first-order valence-corrected chi connectivity index (χ1v) is 5.27. The van der Waals surface area contributed by atoms with Crippen LogP contribution in [0.2, 0.25) is 0 Å².